The third kappa shape index (κ3) is 9.54. The molecule has 1 N–H and O–H groups in total. The predicted octanol–water partition coefficient (Wildman–Crippen LogP) is 7.20. The van der Waals surface area contributed by atoms with Crippen LogP contribution in [0.25, 0.3) is 0 Å². The number of hydrogen-bond donors (Lipinski definition) is 1. The summed E-state index contributed by atoms with van der Waals surface area (Å²) >= 11 is 1.48. The minimum Gasteiger partial charge on any atom is -0.474 e. The third-order valence-corrected chi connectivity index (χ3v) is 7.86. The van der Waals surface area contributed by atoms with Gasteiger partial charge in [-0.1, -0.05) is 29.8 Å². The fraction of sp³-hybridized carbons (Fsp3) is 0.548. The van der Waals surface area contributed by atoms with Gasteiger partial charge in [-0.3, -0.25) is 4.79 Å². The van der Waals surface area contributed by atoms with Crippen LogP contribution in [-0.4, -0.2) is 49.9 Å². The summed E-state index contributed by atoms with van der Waals surface area (Å²) in [5.74, 6) is 1.07. The Kier molecular flexibility index (Phi) is 11.0. The van der Waals surface area contributed by atoms with Crippen LogP contribution in [0.15, 0.2) is 58.4 Å². The quantitative estimate of drug-likeness (QED) is 0.0999. The van der Waals surface area contributed by atoms with Gasteiger partial charge >= 0.3 is 5.97 Å². The number of hydrogen-bond acceptors (Lipinski definition) is 9. The minimum atomic E-state index is -0.724. The number of aromatic nitrogens is 2. The standard InChI is InChI=1S/C31H44N4O4S/c1-8-24(22(2)34-37)20-35(27-18-28(33-21-32-27)38-25-12-10-9-11-13-25)19-23-14-16-26(17-15-23)40-31(6,7)29(36)39-30(3,4)5/h8,14-18,21,25,37H,9-13,19-20H2,1-7H3/b24-8+,34-22-. The van der Waals surface area contributed by atoms with E-state index in [0.29, 0.717) is 24.7 Å². The number of nitrogens with zero attached hydrogens (tertiary/aromatic N) is 4. The lowest BCUT2D eigenvalue weighted by atomic mass is 9.98. The number of oxime groups is 1. The summed E-state index contributed by atoms with van der Waals surface area (Å²) in [5.41, 5.74) is 1.98. The first-order valence-corrected chi connectivity index (χ1v) is 14.8. The molecule has 2 aromatic rings. The molecule has 1 aliphatic rings. The van der Waals surface area contributed by atoms with Crippen molar-refractivity contribution in [1.29, 1.82) is 0 Å². The fourth-order valence-electron chi connectivity index (χ4n) is 4.44. The zero-order chi connectivity index (χ0) is 29.3. The van der Waals surface area contributed by atoms with Crippen molar-refractivity contribution in [3.63, 3.8) is 0 Å². The molecule has 0 aliphatic heterocycles. The Bertz CT molecular complexity index is 1180. The first-order chi connectivity index (χ1) is 18.9. The SMILES string of the molecule is C/C=C(CN(Cc1ccc(SC(C)(C)C(=O)OC(C)(C)C)cc1)c1cc(OC2CCCCC2)ncn1)/C(C)=N\O. The summed E-state index contributed by atoms with van der Waals surface area (Å²) in [6, 6.07) is 10.1. The summed E-state index contributed by atoms with van der Waals surface area (Å²) < 4.78 is 11.1. The topological polar surface area (TPSA) is 97.1 Å². The number of thioether (sulfide) groups is 1. The monoisotopic (exact) mass is 568 g/mol. The summed E-state index contributed by atoms with van der Waals surface area (Å²) in [6.07, 6.45) is 9.40. The second-order valence-electron chi connectivity index (χ2n) is 11.7. The van der Waals surface area contributed by atoms with E-state index in [1.807, 2.05) is 65.8 Å². The van der Waals surface area contributed by atoms with Crippen molar-refractivity contribution < 1.29 is 19.5 Å². The van der Waals surface area contributed by atoms with E-state index >= 15 is 0 Å². The Balaban J connectivity index is 1.79. The molecule has 0 spiro atoms. The van der Waals surface area contributed by atoms with Crippen LogP contribution in [0.5, 0.6) is 5.88 Å². The molecule has 3 rings (SSSR count). The second kappa shape index (κ2) is 14.0. The van der Waals surface area contributed by atoms with Crippen molar-refractivity contribution in [1.82, 2.24) is 9.97 Å². The maximum Gasteiger partial charge on any atom is 0.322 e. The molecule has 1 saturated carbocycles. The molecular weight excluding hydrogens is 524 g/mol. The number of carbonyl (C=O) groups is 1. The average Bonchev–Trinajstić information content (AvgIpc) is 2.91. The summed E-state index contributed by atoms with van der Waals surface area (Å²) in [4.78, 5) is 24.8. The lowest BCUT2D eigenvalue weighted by Gasteiger charge is -2.28. The lowest BCUT2D eigenvalue weighted by Crippen LogP contribution is -2.36. The molecule has 0 atom stereocenters. The van der Waals surface area contributed by atoms with Crippen LogP contribution >= 0.6 is 11.8 Å². The molecule has 9 heteroatoms. The Morgan fingerprint density at radius 1 is 1.12 bits per heavy atom. The number of esters is 1. The van der Waals surface area contributed by atoms with Crippen molar-refractivity contribution in [3.05, 3.63) is 53.9 Å². The van der Waals surface area contributed by atoms with Crippen LogP contribution in [0.2, 0.25) is 0 Å². The lowest BCUT2D eigenvalue weighted by molar-refractivity contribution is -0.156. The van der Waals surface area contributed by atoms with Crippen molar-refractivity contribution >= 4 is 29.3 Å². The van der Waals surface area contributed by atoms with Crippen LogP contribution in [0.3, 0.4) is 0 Å². The molecular formula is C31H44N4O4S. The first-order valence-electron chi connectivity index (χ1n) is 14.0. The van der Waals surface area contributed by atoms with Gasteiger partial charge in [0.25, 0.3) is 0 Å². The van der Waals surface area contributed by atoms with Gasteiger partial charge < -0.3 is 19.6 Å². The molecule has 0 unspecified atom stereocenters. The fourth-order valence-corrected chi connectivity index (χ4v) is 5.43. The molecule has 0 bridgehead atoms. The predicted molar refractivity (Wildman–Crippen MR) is 161 cm³/mol. The minimum absolute atomic E-state index is 0.190. The zero-order valence-electron chi connectivity index (χ0n) is 24.9. The van der Waals surface area contributed by atoms with Crippen molar-refractivity contribution in [2.45, 2.75) is 108 Å². The Labute approximate surface area is 243 Å². The Hall–Kier alpha value is -3.07. The van der Waals surface area contributed by atoms with Crippen molar-refractivity contribution in [3.8, 4) is 5.88 Å². The van der Waals surface area contributed by atoms with Gasteiger partial charge in [-0.15, -0.1) is 11.8 Å². The largest absolute Gasteiger partial charge is 0.474 e. The molecule has 1 aromatic heterocycles. The van der Waals surface area contributed by atoms with Gasteiger partial charge in [-0.05, 0) is 97.4 Å². The van der Waals surface area contributed by atoms with Gasteiger partial charge in [0.15, 0.2) is 0 Å². The highest BCUT2D eigenvalue weighted by Gasteiger charge is 2.33. The number of ether oxygens (including phenoxy) is 2. The maximum atomic E-state index is 12.7. The van der Waals surface area contributed by atoms with E-state index in [0.717, 1.165) is 34.7 Å². The summed E-state index contributed by atoms with van der Waals surface area (Å²) in [7, 11) is 0. The van der Waals surface area contributed by atoms with Gasteiger partial charge in [0, 0.05) is 24.1 Å². The third-order valence-electron chi connectivity index (χ3n) is 6.68. The van der Waals surface area contributed by atoms with Gasteiger partial charge in [0.1, 0.15) is 28.6 Å². The van der Waals surface area contributed by atoms with E-state index < -0.39 is 10.3 Å². The molecule has 218 valence electrons. The van der Waals surface area contributed by atoms with Crippen LogP contribution in [0.4, 0.5) is 5.82 Å². The second-order valence-corrected chi connectivity index (χ2v) is 13.4. The van der Waals surface area contributed by atoms with Gasteiger partial charge in [0.05, 0.1) is 5.71 Å². The first kappa shape index (κ1) is 31.5. The van der Waals surface area contributed by atoms with Crippen LogP contribution < -0.4 is 9.64 Å². The smallest absolute Gasteiger partial charge is 0.322 e. The van der Waals surface area contributed by atoms with Crippen molar-refractivity contribution in [2.24, 2.45) is 5.16 Å². The number of rotatable bonds is 11. The van der Waals surface area contributed by atoms with Crippen LogP contribution in [-0.2, 0) is 16.1 Å². The van der Waals surface area contributed by atoms with E-state index in [2.05, 4.69) is 32.2 Å². The summed E-state index contributed by atoms with van der Waals surface area (Å²) in [6.45, 7) is 14.2. The van der Waals surface area contributed by atoms with E-state index in [1.165, 1.54) is 31.0 Å². The molecule has 1 fully saturated rings. The van der Waals surface area contributed by atoms with Crippen LogP contribution in [0.1, 0.15) is 86.1 Å². The zero-order valence-corrected chi connectivity index (χ0v) is 25.8. The molecule has 8 nitrogen and oxygen atoms in total. The molecule has 0 radical (unpaired) electrons. The molecule has 1 aliphatic carbocycles. The highest BCUT2D eigenvalue weighted by atomic mass is 32.2. The molecule has 0 amide bonds. The van der Waals surface area contributed by atoms with E-state index in [1.54, 1.807) is 13.3 Å². The van der Waals surface area contributed by atoms with Crippen molar-refractivity contribution in [2.75, 3.05) is 11.4 Å². The number of carbonyl (C=O) groups excluding carboxylic acids is 1. The molecule has 0 saturated heterocycles. The van der Waals surface area contributed by atoms with E-state index in [-0.39, 0.29) is 12.1 Å². The number of benzene rings is 1. The average molecular weight is 569 g/mol. The molecule has 1 aromatic carbocycles. The normalized spacial score (nSPS) is 15.6. The maximum absolute atomic E-state index is 12.7. The van der Waals surface area contributed by atoms with E-state index in [9.17, 15) is 10.0 Å². The summed E-state index contributed by atoms with van der Waals surface area (Å²) in [5, 5.41) is 12.8. The van der Waals surface area contributed by atoms with Crippen LogP contribution in [0, 0.1) is 0 Å². The number of allylic oxidation sites excluding steroid dienone is 1. The van der Waals surface area contributed by atoms with Gasteiger partial charge in [0.2, 0.25) is 5.88 Å². The Morgan fingerprint density at radius 3 is 2.40 bits per heavy atom. The van der Waals surface area contributed by atoms with E-state index in [4.69, 9.17) is 9.47 Å². The van der Waals surface area contributed by atoms with Gasteiger partial charge in [-0.2, -0.15) is 0 Å². The highest BCUT2D eigenvalue weighted by Crippen LogP contribution is 2.35. The Morgan fingerprint density at radius 2 is 1.80 bits per heavy atom. The molecule has 1 heterocycles. The highest BCUT2D eigenvalue weighted by molar-refractivity contribution is 8.01. The molecule has 40 heavy (non-hydrogen) atoms. The van der Waals surface area contributed by atoms with Gasteiger partial charge in [-0.25, -0.2) is 9.97 Å². The number of anilines is 1.